The molecule has 0 fully saturated rings. The van der Waals surface area contributed by atoms with Crippen LogP contribution in [0.1, 0.15) is 34.2 Å². The van der Waals surface area contributed by atoms with Crippen LogP contribution in [-0.2, 0) is 9.59 Å². The number of aliphatic hydroxyl groups is 1. The number of fused-ring (bicyclic) bond motifs is 1. The lowest BCUT2D eigenvalue weighted by atomic mass is 10.1. The fourth-order valence-electron chi connectivity index (χ4n) is 3.21. The fraction of sp³-hybridized carbons (Fsp3) is 0.269. The first-order valence-corrected chi connectivity index (χ1v) is 13.5. The molecule has 0 radical (unpaired) electrons. The SMILES string of the molecule is CN(CO)C(=O)CCS[C@H](SCCC(=O)O)c1cccc(/C=C/c2ccc3ccc(Cl)cc3n2)c1. The monoisotopic (exact) mass is 530 g/mol. The summed E-state index contributed by atoms with van der Waals surface area (Å²) >= 11 is 9.25. The van der Waals surface area contributed by atoms with Crippen molar-refractivity contribution in [2.45, 2.75) is 17.4 Å². The zero-order valence-electron chi connectivity index (χ0n) is 19.3. The number of thioether (sulfide) groups is 2. The van der Waals surface area contributed by atoms with Crippen LogP contribution < -0.4 is 0 Å². The van der Waals surface area contributed by atoms with E-state index >= 15 is 0 Å². The number of aromatic nitrogens is 1. The number of amides is 1. The zero-order chi connectivity index (χ0) is 25.2. The first-order chi connectivity index (χ1) is 16.9. The van der Waals surface area contributed by atoms with Crippen LogP contribution in [0.25, 0.3) is 23.1 Å². The molecule has 9 heteroatoms. The number of rotatable bonds is 12. The van der Waals surface area contributed by atoms with E-state index < -0.39 is 5.97 Å². The topological polar surface area (TPSA) is 90.7 Å². The summed E-state index contributed by atoms with van der Waals surface area (Å²) < 4.78 is -0.0177. The summed E-state index contributed by atoms with van der Waals surface area (Å²) in [5.74, 6) is 0.0792. The number of nitrogens with zero attached hydrogens (tertiary/aromatic N) is 2. The highest BCUT2D eigenvalue weighted by atomic mass is 35.5. The van der Waals surface area contributed by atoms with Gasteiger partial charge in [0.15, 0.2) is 0 Å². The molecule has 0 spiro atoms. The molecule has 0 saturated carbocycles. The number of halogens is 1. The van der Waals surface area contributed by atoms with Gasteiger partial charge in [-0.05, 0) is 41.5 Å². The average molecular weight is 531 g/mol. The summed E-state index contributed by atoms with van der Waals surface area (Å²) in [5, 5.41) is 19.8. The van der Waals surface area contributed by atoms with Crippen LogP contribution in [0.15, 0.2) is 54.6 Å². The highest BCUT2D eigenvalue weighted by Gasteiger charge is 2.16. The molecule has 0 bridgehead atoms. The van der Waals surface area contributed by atoms with Crippen molar-refractivity contribution < 1.29 is 19.8 Å². The van der Waals surface area contributed by atoms with Gasteiger partial charge in [-0.1, -0.05) is 48.0 Å². The third-order valence-electron chi connectivity index (χ3n) is 5.11. The van der Waals surface area contributed by atoms with Gasteiger partial charge in [0.1, 0.15) is 6.73 Å². The van der Waals surface area contributed by atoms with E-state index in [1.165, 1.54) is 4.90 Å². The maximum absolute atomic E-state index is 12.0. The Kier molecular flexibility index (Phi) is 10.5. The van der Waals surface area contributed by atoms with E-state index in [2.05, 4.69) is 11.1 Å². The van der Waals surface area contributed by atoms with E-state index in [1.807, 2.05) is 60.7 Å². The van der Waals surface area contributed by atoms with Gasteiger partial charge >= 0.3 is 5.97 Å². The van der Waals surface area contributed by atoms with Gasteiger partial charge in [-0.2, -0.15) is 0 Å². The van der Waals surface area contributed by atoms with Crippen molar-refractivity contribution in [2.24, 2.45) is 0 Å². The van der Waals surface area contributed by atoms with Gasteiger partial charge in [0.2, 0.25) is 5.91 Å². The lowest BCUT2D eigenvalue weighted by molar-refractivity contribution is -0.136. The highest BCUT2D eigenvalue weighted by Crippen LogP contribution is 2.40. The van der Waals surface area contributed by atoms with Crippen LogP contribution in [0.5, 0.6) is 0 Å². The number of carboxylic acids is 1. The van der Waals surface area contributed by atoms with Gasteiger partial charge < -0.3 is 15.1 Å². The Bertz CT molecular complexity index is 1200. The second-order valence-corrected chi connectivity index (χ2v) is 10.9. The Morgan fingerprint density at radius 1 is 1.06 bits per heavy atom. The molecular weight excluding hydrogens is 504 g/mol. The van der Waals surface area contributed by atoms with E-state index in [9.17, 15) is 9.59 Å². The van der Waals surface area contributed by atoms with Crippen molar-refractivity contribution in [1.82, 2.24) is 9.88 Å². The van der Waals surface area contributed by atoms with E-state index in [0.717, 1.165) is 27.7 Å². The molecule has 1 heterocycles. The number of aliphatic hydroxyl groups excluding tert-OH is 1. The summed E-state index contributed by atoms with van der Waals surface area (Å²) in [5.41, 5.74) is 3.70. The molecule has 35 heavy (non-hydrogen) atoms. The van der Waals surface area contributed by atoms with E-state index in [4.69, 9.17) is 21.8 Å². The number of hydrogen-bond donors (Lipinski definition) is 2. The van der Waals surface area contributed by atoms with Gasteiger partial charge in [-0.25, -0.2) is 4.98 Å². The van der Waals surface area contributed by atoms with Gasteiger partial charge in [0, 0.05) is 35.4 Å². The minimum absolute atomic E-state index is 0.0177. The summed E-state index contributed by atoms with van der Waals surface area (Å²) in [6, 6.07) is 17.6. The number of carboxylic acid groups (broad SMARTS) is 1. The van der Waals surface area contributed by atoms with Crippen LogP contribution in [0.4, 0.5) is 0 Å². The van der Waals surface area contributed by atoms with Crippen LogP contribution in [0, 0.1) is 0 Å². The molecule has 0 aliphatic rings. The number of hydrogen-bond acceptors (Lipinski definition) is 6. The lowest BCUT2D eigenvalue weighted by Gasteiger charge is -2.18. The fourth-order valence-corrected chi connectivity index (χ4v) is 6.03. The molecule has 6 nitrogen and oxygen atoms in total. The third kappa shape index (κ3) is 8.58. The minimum Gasteiger partial charge on any atom is -0.481 e. The molecule has 3 aromatic rings. The number of carbonyl (C=O) groups excluding carboxylic acids is 1. The Morgan fingerprint density at radius 2 is 1.80 bits per heavy atom. The Labute approximate surface area is 218 Å². The average Bonchev–Trinajstić information content (AvgIpc) is 2.85. The second-order valence-electron chi connectivity index (χ2n) is 7.78. The van der Waals surface area contributed by atoms with Crippen molar-refractivity contribution in [1.29, 1.82) is 0 Å². The van der Waals surface area contributed by atoms with Gasteiger partial charge in [-0.3, -0.25) is 9.59 Å². The number of aliphatic carboxylic acids is 1. The molecule has 2 aromatic carbocycles. The molecule has 0 aliphatic heterocycles. The molecule has 0 aliphatic carbocycles. The highest BCUT2D eigenvalue weighted by molar-refractivity contribution is 8.16. The molecule has 1 aromatic heterocycles. The summed E-state index contributed by atoms with van der Waals surface area (Å²) in [7, 11) is 1.56. The molecule has 1 amide bonds. The van der Waals surface area contributed by atoms with Crippen molar-refractivity contribution in [3.05, 3.63) is 76.4 Å². The number of carbonyl (C=O) groups is 2. The first-order valence-electron chi connectivity index (χ1n) is 11.0. The molecule has 0 saturated heterocycles. The largest absolute Gasteiger partial charge is 0.481 e. The second kappa shape index (κ2) is 13.5. The zero-order valence-corrected chi connectivity index (χ0v) is 21.7. The molecule has 3 rings (SSSR count). The predicted molar refractivity (Wildman–Crippen MR) is 147 cm³/mol. The molecule has 2 N–H and O–H groups in total. The Balaban J connectivity index is 1.73. The third-order valence-corrected chi connectivity index (χ3v) is 8.19. The van der Waals surface area contributed by atoms with E-state index in [1.54, 1.807) is 30.6 Å². The van der Waals surface area contributed by atoms with Crippen LogP contribution in [-0.4, -0.2) is 57.3 Å². The van der Waals surface area contributed by atoms with Crippen molar-refractivity contribution >= 4 is 70.1 Å². The molecule has 1 atom stereocenters. The Hall–Kier alpha value is -2.52. The van der Waals surface area contributed by atoms with Crippen molar-refractivity contribution in [2.75, 3.05) is 25.3 Å². The first kappa shape index (κ1) is 27.1. The molecular formula is C26H27ClN2O4S2. The maximum Gasteiger partial charge on any atom is 0.304 e. The number of pyridine rings is 1. The van der Waals surface area contributed by atoms with E-state index in [-0.39, 0.29) is 23.6 Å². The van der Waals surface area contributed by atoms with E-state index in [0.29, 0.717) is 22.9 Å². The minimum atomic E-state index is -0.832. The van der Waals surface area contributed by atoms with Gasteiger partial charge in [0.05, 0.1) is 22.2 Å². The van der Waals surface area contributed by atoms with Gasteiger partial charge in [0.25, 0.3) is 0 Å². The Morgan fingerprint density at radius 3 is 2.54 bits per heavy atom. The summed E-state index contributed by atoms with van der Waals surface area (Å²) in [6.45, 7) is -0.312. The van der Waals surface area contributed by atoms with Crippen molar-refractivity contribution in [3.8, 4) is 0 Å². The van der Waals surface area contributed by atoms with Crippen molar-refractivity contribution in [3.63, 3.8) is 0 Å². The summed E-state index contributed by atoms with van der Waals surface area (Å²) in [6.07, 6.45) is 4.31. The predicted octanol–water partition coefficient (Wildman–Crippen LogP) is 5.80. The quantitative estimate of drug-likeness (QED) is 0.286. The molecule has 0 unspecified atom stereocenters. The standard InChI is InChI=1S/C26H27ClN2O4S2/c1-29(17-30)24(31)11-13-34-26(35-14-12-25(32)33)20-4-2-3-18(15-20)5-9-22-10-7-19-6-8-21(27)16-23(19)28-22/h2-10,15-16,26,30H,11-14,17H2,1H3,(H,32,33)/b9-5+/t26-/m1/s1. The lowest BCUT2D eigenvalue weighted by Crippen LogP contribution is -2.27. The molecule has 184 valence electrons. The summed E-state index contributed by atoms with van der Waals surface area (Å²) in [4.78, 5) is 28.9. The van der Waals surface area contributed by atoms with Crippen LogP contribution in [0.3, 0.4) is 0 Å². The smallest absolute Gasteiger partial charge is 0.304 e. The maximum atomic E-state index is 12.0. The van der Waals surface area contributed by atoms with Crippen LogP contribution in [0.2, 0.25) is 5.02 Å². The van der Waals surface area contributed by atoms with Crippen LogP contribution >= 0.6 is 35.1 Å². The van der Waals surface area contributed by atoms with Gasteiger partial charge in [-0.15, -0.1) is 23.5 Å². The normalized spacial score (nSPS) is 12.2. The number of benzene rings is 2.